The van der Waals surface area contributed by atoms with Gasteiger partial charge in [0.25, 0.3) is 5.91 Å². The first-order chi connectivity index (χ1) is 13.7. The molecule has 0 spiro atoms. The second kappa shape index (κ2) is 9.43. The molecule has 0 radical (unpaired) electrons. The molecule has 1 aromatic heterocycles. The van der Waals surface area contributed by atoms with E-state index in [0.717, 1.165) is 18.5 Å². The number of carbonyl (C=O) groups is 2. The van der Waals surface area contributed by atoms with Crippen LogP contribution in [0.3, 0.4) is 0 Å². The minimum atomic E-state index is -1.18. The van der Waals surface area contributed by atoms with E-state index in [-0.39, 0.29) is 10.6 Å². The van der Waals surface area contributed by atoms with E-state index >= 15 is 0 Å². The van der Waals surface area contributed by atoms with Gasteiger partial charge < -0.3 is 15.2 Å². The molecule has 29 heavy (non-hydrogen) atoms. The van der Waals surface area contributed by atoms with Gasteiger partial charge in [0.05, 0.1) is 19.8 Å². The monoisotopic (exact) mass is 749 g/mol. The van der Waals surface area contributed by atoms with Crippen LogP contribution in [-0.2, 0) is 0 Å². The third kappa shape index (κ3) is 4.69. The summed E-state index contributed by atoms with van der Waals surface area (Å²) in [6.07, 6.45) is 0. The summed E-state index contributed by atoms with van der Waals surface area (Å²) >= 11 is 7.35. The molecule has 3 rings (SSSR count). The minimum Gasteiger partial charge on any atom is -0.495 e. The van der Waals surface area contributed by atoms with Crippen molar-refractivity contribution in [1.29, 1.82) is 0 Å². The SMILES string of the molecule is COc1c(I)cc(I)c(C(=O)Nc2scc(-c3ccc(F)cc3)c2C(=O)O)c1I. The number of ether oxygens (including phenoxy) is 1. The van der Waals surface area contributed by atoms with Gasteiger partial charge in [0.15, 0.2) is 0 Å². The molecule has 2 N–H and O–H groups in total. The number of methoxy groups -OCH3 is 1. The van der Waals surface area contributed by atoms with Gasteiger partial charge >= 0.3 is 5.97 Å². The second-order valence-electron chi connectivity index (χ2n) is 5.68. The van der Waals surface area contributed by atoms with Crippen LogP contribution in [0.15, 0.2) is 35.7 Å². The van der Waals surface area contributed by atoms with Crippen molar-refractivity contribution in [2.24, 2.45) is 0 Å². The lowest BCUT2D eigenvalue weighted by Gasteiger charge is -2.13. The number of anilines is 1. The molecule has 150 valence electrons. The zero-order valence-electron chi connectivity index (χ0n) is 14.6. The summed E-state index contributed by atoms with van der Waals surface area (Å²) in [7, 11) is 1.53. The molecule has 0 atom stereocenters. The van der Waals surface area contributed by atoms with Crippen LogP contribution in [0, 0.1) is 16.5 Å². The van der Waals surface area contributed by atoms with Crippen molar-refractivity contribution >= 4 is 96.0 Å². The van der Waals surface area contributed by atoms with Gasteiger partial charge in [0.2, 0.25) is 0 Å². The Bertz CT molecular complexity index is 1120. The van der Waals surface area contributed by atoms with E-state index in [2.05, 4.69) is 50.5 Å². The Balaban J connectivity index is 2.02. The Labute approximate surface area is 210 Å². The van der Waals surface area contributed by atoms with Gasteiger partial charge in [0.1, 0.15) is 22.1 Å². The number of carboxylic acids is 1. The van der Waals surface area contributed by atoms with Crippen molar-refractivity contribution in [3.63, 3.8) is 0 Å². The fourth-order valence-electron chi connectivity index (χ4n) is 2.64. The average Bonchev–Trinajstić information content (AvgIpc) is 3.06. The normalized spacial score (nSPS) is 10.7. The maximum atomic E-state index is 13.2. The van der Waals surface area contributed by atoms with Crippen molar-refractivity contribution in [3.8, 4) is 16.9 Å². The number of nitrogens with one attached hydrogen (secondary N) is 1. The molecule has 0 bridgehead atoms. The van der Waals surface area contributed by atoms with Crippen molar-refractivity contribution < 1.29 is 23.8 Å². The highest BCUT2D eigenvalue weighted by Crippen LogP contribution is 2.38. The molecular weight excluding hydrogens is 738 g/mol. The molecular formula is C19H11FI3NO4S. The quantitative estimate of drug-likeness (QED) is 0.300. The number of aromatic carboxylic acids is 1. The first-order valence-electron chi connectivity index (χ1n) is 7.88. The van der Waals surface area contributed by atoms with E-state index in [0.29, 0.717) is 26.0 Å². The summed E-state index contributed by atoms with van der Waals surface area (Å²) in [6, 6.07) is 7.36. The topological polar surface area (TPSA) is 75.6 Å². The Hall–Kier alpha value is -1.00. The van der Waals surface area contributed by atoms with Gasteiger partial charge in [-0.05, 0) is 91.5 Å². The second-order valence-corrected chi connectivity index (χ2v) is 9.96. The van der Waals surface area contributed by atoms with Gasteiger partial charge in [-0.2, -0.15) is 0 Å². The molecule has 2 aromatic carbocycles. The number of halogens is 4. The molecule has 0 unspecified atom stereocenters. The Morgan fingerprint density at radius 1 is 1.10 bits per heavy atom. The summed E-state index contributed by atoms with van der Waals surface area (Å²) < 4.78 is 20.8. The Kier molecular flexibility index (Phi) is 7.37. The molecule has 5 nitrogen and oxygen atoms in total. The Morgan fingerprint density at radius 2 is 1.76 bits per heavy atom. The van der Waals surface area contributed by atoms with Gasteiger partial charge in [-0.1, -0.05) is 12.1 Å². The van der Waals surface area contributed by atoms with E-state index < -0.39 is 17.7 Å². The van der Waals surface area contributed by atoms with Crippen LogP contribution in [0.25, 0.3) is 11.1 Å². The largest absolute Gasteiger partial charge is 0.495 e. The van der Waals surface area contributed by atoms with Crippen LogP contribution in [0.5, 0.6) is 5.75 Å². The van der Waals surface area contributed by atoms with E-state index in [9.17, 15) is 19.1 Å². The summed E-state index contributed by atoms with van der Waals surface area (Å²) in [5, 5.41) is 14.3. The molecule has 0 aliphatic carbocycles. The lowest BCUT2D eigenvalue weighted by Crippen LogP contribution is -2.17. The summed E-state index contributed by atoms with van der Waals surface area (Å²) in [5.74, 6) is -1.42. The van der Waals surface area contributed by atoms with Crippen LogP contribution in [0.4, 0.5) is 9.39 Å². The molecule has 1 amide bonds. The molecule has 0 aliphatic rings. The van der Waals surface area contributed by atoms with E-state index in [1.807, 2.05) is 28.7 Å². The molecule has 1 heterocycles. The summed E-state index contributed by atoms with van der Waals surface area (Å²) in [5.41, 5.74) is 1.36. The van der Waals surface area contributed by atoms with E-state index in [1.165, 1.54) is 31.4 Å². The highest BCUT2D eigenvalue weighted by Gasteiger charge is 2.25. The van der Waals surface area contributed by atoms with Crippen molar-refractivity contribution in [3.05, 3.63) is 63.4 Å². The van der Waals surface area contributed by atoms with Crippen molar-refractivity contribution in [1.82, 2.24) is 0 Å². The maximum absolute atomic E-state index is 13.2. The number of thiophene rings is 1. The molecule has 3 aromatic rings. The highest BCUT2D eigenvalue weighted by molar-refractivity contribution is 14.1. The highest BCUT2D eigenvalue weighted by atomic mass is 127. The van der Waals surface area contributed by atoms with E-state index in [1.54, 1.807) is 5.38 Å². The van der Waals surface area contributed by atoms with Crippen molar-refractivity contribution in [2.45, 2.75) is 0 Å². The van der Waals surface area contributed by atoms with E-state index in [4.69, 9.17) is 4.74 Å². The maximum Gasteiger partial charge on any atom is 0.339 e. The predicted octanol–water partition coefficient (Wildman–Crippen LogP) is 6.33. The number of rotatable bonds is 5. The number of carbonyl (C=O) groups excluding carboxylic acids is 1. The van der Waals surface area contributed by atoms with Crippen molar-refractivity contribution in [2.75, 3.05) is 12.4 Å². The molecule has 0 fully saturated rings. The Morgan fingerprint density at radius 3 is 2.34 bits per heavy atom. The van der Waals surface area contributed by atoms with Crippen LogP contribution >= 0.6 is 79.1 Å². The standard InChI is InChI=1S/C19H11FI3NO4S/c1-28-16-12(22)6-11(21)14(15(16)23)17(25)24-18-13(19(26)27)10(7-29-18)8-2-4-9(20)5-3-8/h2-7H,1H3,(H,24,25)(H,26,27). The summed E-state index contributed by atoms with van der Waals surface area (Å²) in [6.45, 7) is 0. The number of carboxylic acid groups (broad SMARTS) is 1. The lowest BCUT2D eigenvalue weighted by molar-refractivity contribution is 0.0699. The van der Waals surface area contributed by atoms with Gasteiger partial charge in [-0.3, -0.25) is 4.79 Å². The number of amides is 1. The first kappa shape index (κ1) is 22.7. The van der Waals surface area contributed by atoms with Crippen LogP contribution in [0.2, 0.25) is 0 Å². The third-order valence-corrected chi connectivity index (χ3v) is 7.52. The fraction of sp³-hybridized carbons (Fsp3) is 0.0526. The number of hydrogen-bond acceptors (Lipinski definition) is 4. The fourth-order valence-corrected chi connectivity index (χ4v) is 7.90. The van der Waals surface area contributed by atoms with Crippen LogP contribution in [-0.4, -0.2) is 24.1 Å². The van der Waals surface area contributed by atoms with Gasteiger partial charge in [-0.25, -0.2) is 9.18 Å². The lowest BCUT2D eigenvalue weighted by atomic mass is 10.0. The average molecular weight is 749 g/mol. The predicted molar refractivity (Wildman–Crippen MR) is 136 cm³/mol. The smallest absolute Gasteiger partial charge is 0.339 e. The first-order valence-corrected chi connectivity index (χ1v) is 12.0. The molecule has 0 saturated carbocycles. The molecule has 0 saturated heterocycles. The molecule has 0 aliphatic heterocycles. The minimum absolute atomic E-state index is 0.0301. The van der Waals surface area contributed by atoms with Gasteiger partial charge in [-0.15, -0.1) is 11.3 Å². The zero-order valence-corrected chi connectivity index (χ0v) is 21.8. The number of hydrogen-bond donors (Lipinski definition) is 2. The van der Waals surface area contributed by atoms with Gasteiger partial charge in [0, 0.05) is 14.5 Å². The molecule has 10 heteroatoms. The zero-order chi connectivity index (χ0) is 21.3. The third-order valence-electron chi connectivity index (χ3n) is 3.95. The number of benzene rings is 2. The summed E-state index contributed by atoms with van der Waals surface area (Å²) in [4.78, 5) is 24.9. The van der Waals surface area contributed by atoms with Crippen LogP contribution in [0.1, 0.15) is 20.7 Å². The van der Waals surface area contributed by atoms with Crippen LogP contribution < -0.4 is 10.1 Å².